The maximum atomic E-state index is 11.7. The van der Waals surface area contributed by atoms with Gasteiger partial charge in [0, 0.05) is 13.0 Å². The monoisotopic (exact) mass is 278 g/mol. The van der Waals surface area contributed by atoms with Gasteiger partial charge in [0.1, 0.15) is 0 Å². The molecule has 0 aliphatic rings. The van der Waals surface area contributed by atoms with Gasteiger partial charge in [-0.25, -0.2) is 4.79 Å². The minimum Gasteiger partial charge on any atom is -0.478 e. The van der Waals surface area contributed by atoms with E-state index < -0.39 is 5.97 Å². The largest absolute Gasteiger partial charge is 0.478 e. The number of nitrogens with two attached hydrogens (primary N) is 1. The zero-order chi connectivity index (χ0) is 15.0. The number of rotatable bonds is 8. The van der Waals surface area contributed by atoms with Gasteiger partial charge in [-0.15, -0.1) is 0 Å². The van der Waals surface area contributed by atoms with E-state index in [-0.39, 0.29) is 17.4 Å². The smallest absolute Gasteiger partial charge is 0.335 e. The molecule has 1 rings (SSSR count). The van der Waals surface area contributed by atoms with E-state index in [0.717, 1.165) is 12.0 Å². The number of hydrogen-bond donors (Lipinski definition) is 3. The number of carbonyl (C=O) groups excluding carboxylic acids is 1. The van der Waals surface area contributed by atoms with Gasteiger partial charge in [0.05, 0.1) is 5.56 Å². The second-order valence-electron chi connectivity index (χ2n) is 4.82. The molecule has 5 nitrogen and oxygen atoms in total. The highest BCUT2D eigenvalue weighted by molar-refractivity contribution is 5.87. The van der Waals surface area contributed by atoms with Crippen LogP contribution in [0.5, 0.6) is 0 Å². The van der Waals surface area contributed by atoms with Crippen LogP contribution in [-0.2, 0) is 11.2 Å². The second kappa shape index (κ2) is 8.32. The number of aromatic carboxylic acids is 1. The molecule has 0 heterocycles. The molecule has 1 unspecified atom stereocenters. The normalized spacial score (nSPS) is 11.9. The number of carboxylic acids is 1. The van der Waals surface area contributed by atoms with Crippen molar-refractivity contribution >= 4 is 11.9 Å². The molecular formula is C15H22N2O3. The Morgan fingerprint density at radius 3 is 2.45 bits per heavy atom. The van der Waals surface area contributed by atoms with Crippen LogP contribution in [0.15, 0.2) is 24.3 Å². The molecule has 0 spiro atoms. The highest BCUT2D eigenvalue weighted by Gasteiger charge is 2.09. The number of nitrogens with one attached hydrogen (secondary N) is 1. The lowest BCUT2D eigenvalue weighted by Gasteiger charge is -2.12. The van der Waals surface area contributed by atoms with Crippen molar-refractivity contribution in [1.29, 1.82) is 0 Å². The van der Waals surface area contributed by atoms with Crippen LogP contribution in [-0.4, -0.2) is 30.1 Å². The Kier molecular flexibility index (Phi) is 6.73. The van der Waals surface area contributed by atoms with Crippen LogP contribution in [0.1, 0.15) is 35.7 Å². The van der Waals surface area contributed by atoms with E-state index in [2.05, 4.69) is 5.32 Å². The summed E-state index contributed by atoms with van der Waals surface area (Å²) in [5.41, 5.74) is 6.83. The van der Waals surface area contributed by atoms with Crippen LogP contribution >= 0.6 is 0 Å². The number of hydrogen-bond acceptors (Lipinski definition) is 3. The van der Waals surface area contributed by atoms with E-state index >= 15 is 0 Å². The molecule has 1 amide bonds. The number of carbonyl (C=O) groups is 2. The van der Waals surface area contributed by atoms with Gasteiger partial charge in [0.2, 0.25) is 5.91 Å². The van der Waals surface area contributed by atoms with Crippen molar-refractivity contribution < 1.29 is 14.7 Å². The Labute approximate surface area is 119 Å². The van der Waals surface area contributed by atoms with Crippen molar-refractivity contribution in [3.8, 4) is 0 Å². The van der Waals surface area contributed by atoms with Gasteiger partial charge in [0.25, 0.3) is 0 Å². The lowest BCUT2D eigenvalue weighted by molar-refractivity contribution is -0.121. The SMILES string of the molecule is CCC(CN)CC(=O)NCCc1ccc(C(=O)O)cc1. The van der Waals surface area contributed by atoms with Crippen molar-refractivity contribution in [2.45, 2.75) is 26.2 Å². The van der Waals surface area contributed by atoms with E-state index in [1.165, 1.54) is 0 Å². The highest BCUT2D eigenvalue weighted by Crippen LogP contribution is 2.06. The van der Waals surface area contributed by atoms with Gasteiger partial charge in [-0.05, 0) is 36.6 Å². The Morgan fingerprint density at radius 2 is 1.95 bits per heavy atom. The summed E-state index contributed by atoms with van der Waals surface area (Å²) in [6.45, 7) is 3.10. The summed E-state index contributed by atoms with van der Waals surface area (Å²) in [5.74, 6) is -0.674. The van der Waals surface area contributed by atoms with Gasteiger partial charge < -0.3 is 16.2 Å². The van der Waals surface area contributed by atoms with Crippen molar-refractivity contribution in [2.75, 3.05) is 13.1 Å². The molecule has 1 atom stereocenters. The lowest BCUT2D eigenvalue weighted by atomic mass is 10.0. The first-order valence-corrected chi connectivity index (χ1v) is 6.85. The molecule has 0 aliphatic heterocycles. The van der Waals surface area contributed by atoms with Crippen LogP contribution in [0.25, 0.3) is 0 Å². The maximum Gasteiger partial charge on any atom is 0.335 e. The average Bonchev–Trinajstić information content (AvgIpc) is 2.45. The zero-order valence-corrected chi connectivity index (χ0v) is 11.8. The summed E-state index contributed by atoms with van der Waals surface area (Å²) in [4.78, 5) is 22.4. The summed E-state index contributed by atoms with van der Waals surface area (Å²) in [5, 5.41) is 11.6. The fourth-order valence-electron chi connectivity index (χ4n) is 1.89. The first-order chi connectivity index (χ1) is 9.56. The summed E-state index contributed by atoms with van der Waals surface area (Å²) < 4.78 is 0. The molecular weight excluding hydrogens is 256 g/mol. The van der Waals surface area contributed by atoms with Crippen molar-refractivity contribution in [3.63, 3.8) is 0 Å². The van der Waals surface area contributed by atoms with Gasteiger partial charge in [-0.3, -0.25) is 4.79 Å². The molecule has 0 saturated carbocycles. The Morgan fingerprint density at radius 1 is 1.30 bits per heavy atom. The summed E-state index contributed by atoms with van der Waals surface area (Å²) in [6, 6.07) is 6.68. The molecule has 0 fully saturated rings. The quantitative estimate of drug-likeness (QED) is 0.670. The third-order valence-corrected chi connectivity index (χ3v) is 3.32. The van der Waals surface area contributed by atoms with Gasteiger partial charge in [0.15, 0.2) is 0 Å². The first-order valence-electron chi connectivity index (χ1n) is 6.85. The molecule has 0 saturated heterocycles. The van der Waals surface area contributed by atoms with Gasteiger partial charge in [-0.2, -0.15) is 0 Å². The molecule has 0 radical (unpaired) electrons. The minimum absolute atomic E-state index is 0.0180. The van der Waals surface area contributed by atoms with Crippen molar-refractivity contribution in [3.05, 3.63) is 35.4 Å². The fourth-order valence-corrected chi connectivity index (χ4v) is 1.89. The maximum absolute atomic E-state index is 11.7. The molecule has 0 aromatic heterocycles. The molecule has 5 heteroatoms. The van der Waals surface area contributed by atoms with Crippen LogP contribution in [0, 0.1) is 5.92 Å². The predicted molar refractivity (Wildman–Crippen MR) is 77.6 cm³/mol. The van der Waals surface area contributed by atoms with E-state index in [4.69, 9.17) is 10.8 Å². The van der Waals surface area contributed by atoms with Crippen LogP contribution < -0.4 is 11.1 Å². The lowest BCUT2D eigenvalue weighted by Crippen LogP contribution is -2.29. The Balaban J connectivity index is 2.33. The molecule has 1 aromatic rings. The molecule has 20 heavy (non-hydrogen) atoms. The molecule has 4 N–H and O–H groups in total. The Hall–Kier alpha value is -1.88. The second-order valence-corrected chi connectivity index (χ2v) is 4.82. The molecule has 0 aliphatic carbocycles. The van der Waals surface area contributed by atoms with Crippen molar-refractivity contribution in [1.82, 2.24) is 5.32 Å². The van der Waals surface area contributed by atoms with E-state index in [9.17, 15) is 9.59 Å². The fraction of sp³-hybridized carbons (Fsp3) is 0.467. The number of benzene rings is 1. The predicted octanol–water partition coefficient (Wildman–Crippen LogP) is 1.42. The van der Waals surface area contributed by atoms with Crippen LogP contribution in [0.4, 0.5) is 0 Å². The highest BCUT2D eigenvalue weighted by atomic mass is 16.4. The Bertz CT molecular complexity index is 439. The van der Waals surface area contributed by atoms with Crippen LogP contribution in [0.3, 0.4) is 0 Å². The zero-order valence-electron chi connectivity index (χ0n) is 11.8. The summed E-state index contributed by atoms with van der Waals surface area (Å²) in [6.07, 6.45) is 2.05. The molecule has 1 aromatic carbocycles. The number of carboxylic acid groups (broad SMARTS) is 1. The third kappa shape index (κ3) is 5.40. The van der Waals surface area contributed by atoms with Crippen LogP contribution in [0.2, 0.25) is 0 Å². The van der Waals surface area contributed by atoms with E-state index in [1.807, 2.05) is 6.92 Å². The minimum atomic E-state index is -0.933. The van der Waals surface area contributed by atoms with Crippen molar-refractivity contribution in [2.24, 2.45) is 11.7 Å². The topological polar surface area (TPSA) is 92.4 Å². The molecule has 0 bridgehead atoms. The van der Waals surface area contributed by atoms with E-state index in [0.29, 0.717) is 25.9 Å². The standard InChI is InChI=1S/C15H22N2O3/c1-2-11(10-16)9-14(18)17-8-7-12-3-5-13(6-4-12)15(19)20/h3-6,11H,2,7-10,16H2,1H3,(H,17,18)(H,19,20). The van der Waals surface area contributed by atoms with E-state index in [1.54, 1.807) is 24.3 Å². The number of amides is 1. The molecule has 110 valence electrons. The first kappa shape index (κ1) is 16.2. The summed E-state index contributed by atoms with van der Waals surface area (Å²) in [7, 11) is 0. The summed E-state index contributed by atoms with van der Waals surface area (Å²) >= 11 is 0. The average molecular weight is 278 g/mol. The van der Waals surface area contributed by atoms with Gasteiger partial charge in [-0.1, -0.05) is 25.5 Å². The van der Waals surface area contributed by atoms with Gasteiger partial charge >= 0.3 is 5.97 Å². The third-order valence-electron chi connectivity index (χ3n) is 3.32.